The number of ether oxygens (including phenoxy) is 2. The minimum Gasteiger partial charge on any atom is -0.493 e. The number of nitrogens with zero attached hydrogens (tertiary/aromatic N) is 2. The molecule has 0 unspecified atom stereocenters. The molecule has 0 radical (unpaired) electrons. The highest BCUT2D eigenvalue weighted by Gasteiger charge is 2.16. The first-order valence-corrected chi connectivity index (χ1v) is 7.70. The highest BCUT2D eigenvalue weighted by Crippen LogP contribution is 2.35. The Labute approximate surface area is 151 Å². The molecule has 0 aliphatic carbocycles. The first kappa shape index (κ1) is 17.8. The van der Waals surface area contributed by atoms with Crippen molar-refractivity contribution in [3.05, 3.63) is 47.2 Å². The topological polar surface area (TPSA) is 73.3 Å². The van der Waals surface area contributed by atoms with E-state index in [0.717, 1.165) is 6.07 Å². The molecule has 26 heavy (non-hydrogen) atoms. The number of benzene rings is 2. The minimum absolute atomic E-state index is 0.0683. The van der Waals surface area contributed by atoms with Gasteiger partial charge in [-0.1, -0.05) is 11.6 Å². The van der Waals surface area contributed by atoms with Crippen molar-refractivity contribution < 1.29 is 23.0 Å². The van der Waals surface area contributed by atoms with Crippen LogP contribution in [0.3, 0.4) is 0 Å². The molecule has 0 fully saturated rings. The van der Waals surface area contributed by atoms with Crippen molar-refractivity contribution in [1.29, 1.82) is 0 Å². The first-order valence-electron chi connectivity index (χ1n) is 7.32. The second kappa shape index (κ2) is 7.09. The Morgan fingerprint density at radius 2 is 1.96 bits per heavy atom. The zero-order valence-electron chi connectivity index (χ0n) is 13.6. The van der Waals surface area contributed by atoms with E-state index in [9.17, 15) is 13.6 Å². The van der Waals surface area contributed by atoms with Crippen LogP contribution in [-0.2, 0) is 4.79 Å². The lowest BCUT2D eigenvalue weighted by Gasteiger charge is -2.13. The van der Waals surface area contributed by atoms with Crippen LogP contribution in [0, 0.1) is 11.6 Å². The Morgan fingerprint density at radius 3 is 2.65 bits per heavy atom. The smallest absolute Gasteiger partial charge is 0.308 e. The fourth-order valence-corrected chi connectivity index (χ4v) is 2.47. The summed E-state index contributed by atoms with van der Waals surface area (Å²) in [6.45, 7) is 1.25. The number of carbonyl (C=O) groups excluding carboxylic acids is 1. The van der Waals surface area contributed by atoms with Crippen molar-refractivity contribution >= 4 is 40.0 Å². The number of nitrogens with one attached hydrogen (secondary N) is 1. The van der Waals surface area contributed by atoms with E-state index in [1.54, 1.807) is 6.07 Å². The lowest BCUT2D eigenvalue weighted by Crippen LogP contribution is -2.04. The predicted molar refractivity (Wildman–Crippen MR) is 92.0 cm³/mol. The third-order valence-electron chi connectivity index (χ3n) is 3.46. The van der Waals surface area contributed by atoms with E-state index in [0.29, 0.717) is 16.7 Å². The molecule has 0 bridgehead atoms. The number of aromatic nitrogens is 2. The summed E-state index contributed by atoms with van der Waals surface area (Å²) in [5.41, 5.74) is 0.394. The van der Waals surface area contributed by atoms with Gasteiger partial charge in [0.25, 0.3) is 0 Å². The lowest BCUT2D eigenvalue weighted by molar-refractivity contribution is -0.132. The van der Waals surface area contributed by atoms with Crippen molar-refractivity contribution in [2.24, 2.45) is 0 Å². The summed E-state index contributed by atoms with van der Waals surface area (Å²) < 4.78 is 37.8. The van der Waals surface area contributed by atoms with E-state index < -0.39 is 22.6 Å². The number of rotatable bonds is 4. The maximum absolute atomic E-state index is 14.2. The van der Waals surface area contributed by atoms with E-state index in [2.05, 4.69) is 15.3 Å². The molecule has 0 spiro atoms. The normalized spacial score (nSPS) is 10.7. The number of halogens is 3. The van der Waals surface area contributed by atoms with Gasteiger partial charge < -0.3 is 14.8 Å². The Balaban J connectivity index is 2.11. The van der Waals surface area contributed by atoms with Crippen LogP contribution in [0.15, 0.2) is 30.6 Å². The maximum Gasteiger partial charge on any atom is 0.308 e. The standard InChI is InChI=1S/C17H12ClF2N3O3/c1-8(24)26-14-5-9-12(6-13(14)25-2)21-7-22-17(9)23-11-4-3-10(19)15(18)16(11)20/h3-7H,1-2H3,(H,21,22,23). The van der Waals surface area contributed by atoms with Crippen molar-refractivity contribution in [1.82, 2.24) is 9.97 Å². The summed E-state index contributed by atoms with van der Waals surface area (Å²) in [5, 5.41) is 2.55. The van der Waals surface area contributed by atoms with Crippen LogP contribution in [-0.4, -0.2) is 23.0 Å². The molecule has 1 aromatic heterocycles. The van der Waals surface area contributed by atoms with E-state index >= 15 is 0 Å². The van der Waals surface area contributed by atoms with Gasteiger partial charge in [-0.3, -0.25) is 4.79 Å². The van der Waals surface area contributed by atoms with Gasteiger partial charge in [-0.25, -0.2) is 18.7 Å². The fourth-order valence-electron chi connectivity index (χ4n) is 2.31. The average Bonchev–Trinajstić information content (AvgIpc) is 2.61. The molecular weight excluding hydrogens is 368 g/mol. The molecule has 1 N–H and O–H groups in total. The van der Waals surface area contributed by atoms with Gasteiger partial charge in [0.2, 0.25) is 0 Å². The van der Waals surface area contributed by atoms with E-state index in [-0.39, 0.29) is 17.3 Å². The van der Waals surface area contributed by atoms with Crippen molar-refractivity contribution in [3.8, 4) is 11.5 Å². The summed E-state index contributed by atoms with van der Waals surface area (Å²) in [4.78, 5) is 19.5. The number of methoxy groups -OCH3 is 1. The molecule has 0 atom stereocenters. The predicted octanol–water partition coefficient (Wildman–Crippen LogP) is 4.24. The highest BCUT2D eigenvalue weighted by molar-refractivity contribution is 6.31. The molecule has 0 aliphatic heterocycles. The van der Waals surface area contributed by atoms with Crippen molar-refractivity contribution in [2.75, 3.05) is 12.4 Å². The van der Waals surface area contributed by atoms with Gasteiger partial charge in [-0.15, -0.1) is 0 Å². The molecule has 6 nitrogen and oxygen atoms in total. The SMILES string of the molecule is COc1cc2ncnc(Nc3ccc(F)c(Cl)c3F)c2cc1OC(C)=O. The van der Waals surface area contributed by atoms with Crippen LogP contribution in [0.25, 0.3) is 10.9 Å². The zero-order chi connectivity index (χ0) is 18.8. The quantitative estimate of drug-likeness (QED) is 0.415. The lowest BCUT2D eigenvalue weighted by atomic mass is 10.2. The van der Waals surface area contributed by atoms with Crippen LogP contribution in [0.4, 0.5) is 20.3 Å². The molecule has 1 heterocycles. The molecule has 2 aromatic carbocycles. The average molecular weight is 380 g/mol. The van der Waals surface area contributed by atoms with Crippen LogP contribution in [0.1, 0.15) is 6.92 Å². The molecule has 3 rings (SSSR count). The van der Waals surface area contributed by atoms with E-state index in [1.165, 1.54) is 32.5 Å². The summed E-state index contributed by atoms with van der Waals surface area (Å²) >= 11 is 5.59. The molecule has 3 aromatic rings. The Bertz CT molecular complexity index is 1010. The van der Waals surface area contributed by atoms with Gasteiger partial charge in [0, 0.05) is 18.4 Å². The van der Waals surface area contributed by atoms with Crippen molar-refractivity contribution in [2.45, 2.75) is 6.92 Å². The highest BCUT2D eigenvalue weighted by atomic mass is 35.5. The van der Waals surface area contributed by atoms with Gasteiger partial charge in [-0.2, -0.15) is 0 Å². The largest absolute Gasteiger partial charge is 0.493 e. The summed E-state index contributed by atoms with van der Waals surface area (Å²) in [7, 11) is 1.42. The minimum atomic E-state index is -0.952. The Morgan fingerprint density at radius 1 is 1.19 bits per heavy atom. The third kappa shape index (κ3) is 3.36. The van der Waals surface area contributed by atoms with E-state index in [4.69, 9.17) is 21.1 Å². The fraction of sp³-hybridized carbons (Fsp3) is 0.118. The molecule has 9 heteroatoms. The molecule has 0 saturated heterocycles. The number of fused-ring (bicyclic) bond motifs is 1. The van der Waals surface area contributed by atoms with Gasteiger partial charge in [-0.05, 0) is 18.2 Å². The molecule has 134 valence electrons. The summed E-state index contributed by atoms with van der Waals surface area (Å²) in [6.07, 6.45) is 1.26. The maximum atomic E-state index is 14.2. The second-order valence-electron chi connectivity index (χ2n) is 5.18. The van der Waals surface area contributed by atoms with Crippen LogP contribution in [0.5, 0.6) is 11.5 Å². The zero-order valence-corrected chi connectivity index (χ0v) is 14.4. The summed E-state index contributed by atoms with van der Waals surface area (Å²) in [6, 6.07) is 5.26. The van der Waals surface area contributed by atoms with Gasteiger partial charge >= 0.3 is 5.97 Å². The summed E-state index contributed by atoms with van der Waals surface area (Å²) in [5.74, 6) is -1.69. The molecule has 0 aliphatic rings. The van der Waals surface area contributed by atoms with Crippen molar-refractivity contribution in [3.63, 3.8) is 0 Å². The Hall–Kier alpha value is -3.00. The van der Waals surface area contributed by atoms with Gasteiger partial charge in [0.05, 0.1) is 18.3 Å². The number of esters is 1. The molecule has 0 saturated carbocycles. The number of hydrogen-bond donors (Lipinski definition) is 1. The van der Waals surface area contributed by atoms with Crippen LogP contribution >= 0.6 is 11.6 Å². The van der Waals surface area contributed by atoms with Crippen LogP contribution in [0.2, 0.25) is 5.02 Å². The molecule has 0 amide bonds. The third-order valence-corrected chi connectivity index (χ3v) is 3.81. The van der Waals surface area contributed by atoms with E-state index in [1.807, 2.05) is 0 Å². The Kier molecular flexibility index (Phi) is 4.85. The van der Waals surface area contributed by atoms with Gasteiger partial charge in [0.15, 0.2) is 17.3 Å². The number of anilines is 2. The second-order valence-corrected chi connectivity index (χ2v) is 5.56. The van der Waals surface area contributed by atoms with Crippen LogP contribution < -0.4 is 14.8 Å². The monoisotopic (exact) mass is 379 g/mol. The molecular formula is C17H12ClF2N3O3. The first-order chi connectivity index (χ1) is 12.4. The number of hydrogen-bond acceptors (Lipinski definition) is 6. The number of carbonyl (C=O) groups is 1. The van der Waals surface area contributed by atoms with Gasteiger partial charge in [0.1, 0.15) is 23.0 Å².